The summed E-state index contributed by atoms with van der Waals surface area (Å²) in [4.78, 5) is 0. The van der Waals surface area contributed by atoms with Crippen molar-refractivity contribution in [2.24, 2.45) is 0 Å². The molecule has 0 unspecified atom stereocenters. The molecular weight excluding hydrogens is 194 g/mol. The summed E-state index contributed by atoms with van der Waals surface area (Å²) in [5.74, 6) is 0.507. The summed E-state index contributed by atoms with van der Waals surface area (Å²) < 4.78 is 0. The lowest BCUT2D eigenvalue weighted by Gasteiger charge is -2.00. The Morgan fingerprint density at radius 3 is 2.57 bits per heavy atom. The molecular formula is C12H8ClN. The van der Waals surface area contributed by atoms with E-state index in [0.717, 1.165) is 16.3 Å². The van der Waals surface area contributed by atoms with E-state index in [-0.39, 0.29) is 0 Å². The molecule has 0 saturated carbocycles. The average Bonchev–Trinajstić information content (AvgIpc) is 2.27. The number of alkyl halides is 1. The second kappa shape index (κ2) is 3.69. The maximum Gasteiger partial charge on any atom is 0.0991 e. The number of fused-ring (bicyclic) bond motifs is 1. The molecule has 2 rings (SSSR count). The molecule has 0 saturated heterocycles. The zero-order chi connectivity index (χ0) is 9.97. The predicted octanol–water partition coefficient (Wildman–Crippen LogP) is 3.45. The van der Waals surface area contributed by atoms with E-state index in [4.69, 9.17) is 16.9 Å². The maximum atomic E-state index is 8.75. The topological polar surface area (TPSA) is 23.8 Å². The summed E-state index contributed by atoms with van der Waals surface area (Å²) in [7, 11) is 0. The minimum atomic E-state index is 0.507. The van der Waals surface area contributed by atoms with Crippen LogP contribution in [0.4, 0.5) is 0 Å². The molecule has 0 heterocycles. The molecule has 0 amide bonds. The zero-order valence-electron chi connectivity index (χ0n) is 7.50. The maximum absolute atomic E-state index is 8.75. The largest absolute Gasteiger partial charge is 0.192 e. The van der Waals surface area contributed by atoms with Crippen molar-refractivity contribution in [1.82, 2.24) is 0 Å². The Bertz CT molecular complexity index is 511. The molecule has 1 nitrogen and oxygen atoms in total. The van der Waals surface area contributed by atoms with Gasteiger partial charge in [-0.2, -0.15) is 5.26 Å². The first kappa shape index (κ1) is 9.05. The molecule has 0 aliphatic heterocycles. The molecule has 0 aliphatic carbocycles. The van der Waals surface area contributed by atoms with Crippen LogP contribution in [0.5, 0.6) is 0 Å². The molecule has 68 valence electrons. The third-order valence-electron chi connectivity index (χ3n) is 2.19. The highest BCUT2D eigenvalue weighted by Crippen LogP contribution is 2.18. The van der Waals surface area contributed by atoms with Crippen LogP contribution >= 0.6 is 11.6 Å². The Kier molecular flexibility index (Phi) is 2.39. The van der Waals surface area contributed by atoms with Crippen molar-refractivity contribution in [3.05, 3.63) is 47.5 Å². The van der Waals surface area contributed by atoms with Gasteiger partial charge in [-0.1, -0.05) is 18.2 Å². The van der Waals surface area contributed by atoms with E-state index in [1.165, 1.54) is 0 Å². The monoisotopic (exact) mass is 201 g/mol. The summed E-state index contributed by atoms with van der Waals surface area (Å²) in [6.07, 6.45) is 0. The minimum absolute atomic E-state index is 0.507. The van der Waals surface area contributed by atoms with Crippen LogP contribution in [-0.2, 0) is 5.88 Å². The van der Waals surface area contributed by atoms with Gasteiger partial charge in [-0.15, -0.1) is 11.6 Å². The average molecular weight is 202 g/mol. The summed E-state index contributed by atoms with van der Waals surface area (Å²) >= 11 is 5.74. The van der Waals surface area contributed by atoms with E-state index in [2.05, 4.69) is 6.07 Å². The minimum Gasteiger partial charge on any atom is -0.192 e. The van der Waals surface area contributed by atoms with Crippen molar-refractivity contribution < 1.29 is 0 Å². The Morgan fingerprint density at radius 1 is 1.07 bits per heavy atom. The number of halogens is 1. The first-order chi connectivity index (χ1) is 6.83. The van der Waals surface area contributed by atoms with Crippen LogP contribution in [0.2, 0.25) is 0 Å². The molecule has 0 radical (unpaired) electrons. The van der Waals surface area contributed by atoms with Gasteiger partial charge in [0, 0.05) is 5.88 Å². The highest BCUT2D eigenvalue weighted by Gasteiger charge is 1.97. The molecule has 0 aromatic heterocycles. The molecule has 0 fully saturated rings. The molecule has 14 heavy (non-hydrogen) atoms. The molecule has 2 heteroatoms. The fourth-order valence-corrected chi connectivity index (χ4v) is 1.62. The summed E-state index contributed by atoms with van der Waals surface area (Å²) in [5, 5.41) is 11.0. The number of rotatable bonds is 1. The molecule has 0 aliphatic rings. The van der Waals surface area contributed by atoms with Crippen molar-refractivity contribution in [3.63, 3.8) is 0 Å². The van der Waals surface area contributed by atoms with E-state index < -0.39 is 0 Å². The van der Waals surface area contributed by atoms with Crippen LogP contribution in [0.3, 0.4) is 0 Å². The van der Waals surface area contributed by atoms with Crippen molar-refractivity contribution in [2.45, 2.75) is 5.88 Å². The number of nitriles is 1. The van der Waals surface area contributed by atoms with Crippen LogP contribution in [-0.4, -0.2) is 0 Å². The van der Waals surface area contributed by atoms with Crippen LogP contribution in [0.25, 0.3) is 10.8 Å². The predicted molar refractivity (Wildman–Crippen MR) is 58.2 cm³/mol. The summed E-state index contributed by atoms with van der Waals surface area (Å²) in [6.45, 7) is 0. The second-order valence-corrected chi connectivity index (χ2v) is 3.41. The Morgan fingerprint density at radius 2 is 1.86 bits per heavy atom. The first-order valence-corrected chi connectivity index (χ1v) is 4.86. The van der Waals surface area contributed by atoms with Gasteiger partial charge in [-0.3, -0.25) is 0 Å². The van der Waals surface area contributed by atoms with Crippen LogP contribution in [0.15, 0.2) is 36.4 Å². The Hall–Kier alpha value is -1.52. The molecule has 2 aromatic carbocycles. The third kappa shape index (κ3) is 1.57. The van der Waals surface area contributed by atoms with Crippen molar-refractivity contribution in [2.75, 3.05) is 0 Å². The smallest absolute Gasteiger partial charge is 0.0991 e. The van der Waals surface area contributed by atoms with Gasteiger partial charge in [0.25, 0.3) is 0 Å². The third-order valence-corrected chi connectivity index (χ3v) is 2.50. The summed E-state index contributed by atoms with van der Waals surface area (Å²) in [6, 6.07) is 13.8. The molecule has 0 spiro atoms. The second-order valence-electron chi connectivity index (χ2n) is 3.14. The lowest BCUT2D eigenvalue weighted by Crippen LogP contribution is -1.80. The fraction of sp³-hybridized carbons (Fsp3) is 0.0833. The van der Waals surface area contributed by atoms with Crippen LogP contribution < -0.4 is 0 Å². The van der Waals surface area contributed by atoms with Gasteiger partial charge in [0.05, 0.1) is 11.6 Å². The van der Waals surface area contributed by atoms with Gasteiger partial charge >= 0.3 is 0 Å². The zero-order valence-corrected chi connectivity index (χ0v) is 8.25. The van der Waals surface area contributed by atoms with Crippen LogP contribution in [0.1, 0.15) is 11.1 Å². The van der Waals surface area contributed by atoms with E-state index >= 15 is 0 Å². The van der Waals surface area contributed by atoms with Crippen molar-refractivity contribution in [3.8, 4) is 6.07 Å². The number of hydrogen-bond acceptors (Lipinski definition) is 1. The lowest BCUT2D eigenvalue weighted by molar-refractivity contribution is 1.42. The normalized spacial score (nSPS) is 10.0. The summed E-state index contributed by atoms with van der Waals surface area (Å²) in [5.41, 5.74) is 1.76. The van der Waals surface area contributed by atoms with E-state index in [1.807, 2.05) is 36.4 Å². The van der Waals surface area contributed by atoms with Gasteiger partial charge < -0.3 is 0 Å². The van der Waals surface area contributed by atoms with Crippen LogP contribution in [0, 0.1) is 11.3 Å². The van der Waals surface area contributed by atoms with Crippen molar-refractivity contribution in [1.29, 1.82) is 5.26 Å². The van der Waals surface area contributed by atoms with E-state index in [1.54, 1.807) is 0 Å². The number of nitrogens with zero attached hydrogens (tertiary/aromatic N) is 1. The van der Waals surface area contributed by atoms with Gasteiger partial charge in [0.15, 0.2) is 0 Å². The Balaban J connectivity index is 2.67. The Labute approximate surface area is 87.5 Å². The molecule has 0 atom stereocenters. The SMILES string of the molecule is N#Cc1ccc2ccc(CCl)cc2c1. The van der Waals surface area contributed by atoms with Gasteiger partial charge in [0.2, 0.25) is 0 Å². The van der Waals surface area contributed by atoms with E-state index in [0.29, 0.717) is 11.4 Å². The number of benzene rings is 2. The van der Waals surface area contributed by atoms with E-state index in [9.17, 15) is 0 Å². The standard InChI is InChI=1S/C12H8ClN/c13-7-9-1-3-11-4-2-10(8-14)6-12(11)5-9/h1-6H,7H2. The molecule has 0 N–H and O–H groups in total. The van der Waals surface area contributed by atoms with Crippen molar-refractivity contribution >= 4 is 22.4 Å². The number of hydrogen-bond donors (Lipinski definition) is 0. The highest BCUT2D eigenvalue weighted by atomic mass is 35.5. The highest BCUT2D eigenvalue weighted by molar-refractivity contribution is 6.17. The molecule has 2 aromatic rings. The quantitative estimate of drug-likeness (QED) is 0.649. The first-order valence-electron chi connectivity index (χ1n) is 4.32. The molecule has 0 bridgehead atoms. The fourth-order valence-electron chi connectivity index (χ4n) is 1.45. The van der Waals surface area contributed by atoms with Gasteiger partial charge in [-0.25, -0.2) is 0 Å². The lowest BCUT2D eigenvalue weighted by atomic mass is 10.1. The van der Waals surface area contributed by atoms with Gasteiger partial charge in [0.1, 0.15) is 0 Å². The van der Waals surface area contributed by atoms with Gasteiger partial charge in [-0.05, 0) is 34.5 Å².